The van der Waals surface area contributed by atoms with Crippen LogP contribution in [0.3, 0.4) is 0 Å². The van der Waals surface area contributed by atoms with Gasteiger partial charge in [-0.15, -0.1) is 0 Å². The van der Waals surface area contributed by atoms with Crippen LogP contribution in [-0.4, -0.2) is 30.3 Å². The van der Waals surface area contributed by atoms with Gasteiger partial charge in [0.15, 0.2) is 0 Å². The smallest absolute Gasteiger partial charge is 0.389 e. The molecule has 10 atom stereocenters. The van der Waals surface area contributed by atoms with Gasteiger partial charge in [-0.05, 0) is 129 Å². The van der Waals surface area contributed by atoms with Gasteiger partial charge in [-0.25, -0.2) is 4.18 Å². The molecule has 0 aliphatic heterocycles. The summed E-state index contributed by atoms with van der Waals surface area (Å²) < 4.78 is 37.8. The van der Waals surface area contributed by atoms with Crippen LogP contribution >= 0.6 is 0 Å². The molecule has 5 saturated carbocycles. The van der Waals surface area contributed by atoms with Crippen LogP contribution in [0.5, 0.6) is 0 Å². The lowest BCUT2D eigenvalue weighted by Gasteiger charge is -2.63. The lowest BCUT2D eigenvalue weighted by Crippen LogP contribution is -2.58. The highest BCUT2D eigenvalue weighted by Crippen LogP contribution is 2.89. The zero-order chi connectivity index (χ0) is 26.5. The lowest BCUT2D eigenvalue weighted by molar-refractivity contribution is -0.158. The summed E-state index contributed by atoms with van der Waals surface area (Å²) in [6.07, 6.45) is 12.6. The summed E-state index contributed by atoms with van der Waals surface area (Å²) in [5.74, 6) is 2.34. The predicted octanol–water partition coefficient (Wildman–Crippen LogP) is 6.97. The molecule has 5 rings (SSSR count). The van der Waals surface area contributed by atoms with Gasteiger partial charge >= 0.3 is 10.4 Å². The van der Waals surface area contributed by atoms with E-state index < -0.39 is 16.5 Å². The van der Waals surface area contributed by atoms with Crippen molar-refractivity contribution in [2.75, 3.05) is 0 Å². The number of aliphatic hydroxyl groups excluding tert-OH is 1. The van der Waals surface area contributed by atoms with Crippen molar-refractivity contribution in [2.24, 2.45) is 50.7 Å². The van der Waals surface area contributed by atoms with Crippen molar-refractivity contribution < 1.29 is 22.3 Å². The first kappa shape index (κ1) is 27.1. The number of hydrogen-bond donors (Lipinski definition) is 2. The Morgan fingerprint density at radius 2 is 1.58 bits per heavy atom. The second-order valence-corrected chi connectivity index (χ2v) is 16.1. The van der Waals surface area contributed by atoms with Gasteiger partial charge in [0.1, 0.15) is 0 Å². The lowest BCUT2D eigenvalue weighted by atomic mass is 9.41. The van der Waals surface area contributed by atoms with E-state index >= 15 is 0 Å². The SMILES string of the molecule is CC(C)=C[C@H](O)C[C@@H](C)[C@H]1CC[C@@]2(C)[C@@H]3CCC4C(C)(C)[C@@H](OS(=O)(=O)O)CC[C@@]45C[C@@]35CC[C@]12C. The van der Waals surface area contributed by atoms with Crippen molar-refractivity contribution >= 4 is 10.4 Å². The molecule has 5 aliphatic rings. The largest absolute Gasteiger partial charge is 0.397 e. The van der Waals surface area contributed by atoms with Gasteiger partial charge < -0.3 is 5.11 Å². The maximum Gasteiger partial charge on any atom is 0.397 e. The highest BCUT2D eigenvalue weighted by atomic mass is 32.3. The fourth-order valence-electron chi connectivity index (χ4n) is 11.6. The quantitative estimate of drug-likeness (QED) is 0.291. The van der Waals surface area contributed by atoms with Gasteiger partial charge in [0.25, 0.3) is 0 Å². The Balaban J connectivity index is 1.39. The van der Waals surface area contributed by atoms with Crippen LogP contribution < -0.4 is 0 Å². The van der Waals surface area contributed by atoms with E-state index in [1.807, 2.05) is 6.08 Å². The Morgan fingerprint density at radius 1 is 0.944 bits per heavy atom. The minimum Gasteiger partial charge on any atom is -0.389 e. The number of rotatable bonds is 6. The third-order valence-corrected chi connectivity index (χ3v) is 13.7. The molecule has 0 bridgehead atoms. The van der Waals surface area contributed by atoms with Crippen LogP contribution in [0.4, 0.5) is 0 Å². The average molecular weight is 523 g/mol. The van der Waals surface area contributed by atoms with Crippen molar-refractivity contribution in [2.45, 2.75) is 125 Å². The molecule has 5 fully saturated rings. The molecule has 0 amide bonds. The minimum atomic E-state index is -4.44. The van der Waals surface area contributed by atoms with E-state index in [9.17, 15) is 18.1 Å². The molecule has 0 aromatic heterocycles. The minimum absolute atomic E-state index is 0.266. The molecule has 5 nitrogen and oxygen atoms in total. The number of aliphatic hydroxyl groups is 1. The third kappa shape index (κ3) is 3.67. The van der Waals surface area contributed by atoms with Crippen molar-refractivity contribution in [3.8, 4) is 0 Å². The fraction of sp³-hybridized carbons (Fsp3) is 0.933. The average Bonchev–Trinajstić information content (AvgIpc) is 3.31. The summed E-state index contributed by atoms with van der Waals surface area (Å²) in [6.45, 7) is 16.1. The first-order valence-electron chi connectivity index (χ1n) is 14.5. The molecule has 2 N–H and O–H groups in total. The Hall–Kier alpha value is -0.430. The number of hydrogen-bond acceptors (Lipinski definition) is 4. The van der Waals surface area contributed by atoms with Crippen molar-refractivity contribution in [1.82, 2.24) is 0 Å². The molecular formula is C30H50O5S. The standard InChI is InChI=1S/C30H50O5S/c1-19(2)16-21(31)17-20(3)22-10-12-28(7)24-9-8-23-26(4,5)25(35-36(32,33)34)11-13-29(23)18-30(24,29)15-14-27(22,28)6/h16,20-25,31H,8-15,17-18H2,1-7H3,(H,32,33,34)/t20-,21+,22-,23?,24+,25+,27-,28+,29-,30+/m1/s1. The monoisotopic (exact) mass is 522 g/mol. The summed E-state index contributed by atoms with van der Waals surface area (Å²) in [7, 11) is -4.44. The van der Waals surface area contributed by atoms with Crippen LogP contribution in [0.15, 0.2) is 11.6 Å². The second kappa shape index (κ2) is 8.29. The molecule has 1 unspecified atom stereocenters. The Bertz CT molecular complexity index is 1030. The normalized spacial score (nSPS) is 48.6. The van der Waals surface area contributed by atoms with E-state index in [1.165, 1.54) is 44.1 Å². The van der Waals surface area contributed by atoms with Gasteiger partial charge in [0.05, 0.1) is 12.2 Å². The van der Waals surface area contributed by atoms with E-state index in [0.29, 0.717) is 45.8 Å². The van der Waals surface area contributed by atoms with Gasteiger partial charge in [-0.1, -0.05) is 46.3 Å². The molecule has 0 aromatic carbocycles. The van der Waals surface area contributed by atoms with Crippen molar-refractivity contribution in [1.29, 1.82) is 0 Å². The predicted molar refractivity (Wildman–Crippen MR) is 143 cm³/mol. The first-order chi connectivity index (χ1) is 16.5. The van der Waals surface area contributed by atoms with Gasteiger partial charge in [0, 0.05) is 0 Å². The Morgan fingerprint density at radius 3 is 2.22 bits per heavy atom. The topological polar surface area (TPSA) is 83.8 Å². The molecule has 0 heterocycles. The molecule has 0 radical (unpaired) electrons. The van der Waals surface area contributed by atoms with Crippen LogP contribution in [0.1, 0.15) is 113 Å². The van der Waals surface area contributed by atoms with Crippen molar-refractivity contribution in [3.63, 3.8) is 0 Å². The third-order valence-electron chi connectivity index (χ3n) is 13.2. The maximum atomic E-state index is 11.6. The van der Waals surface area contributed by atoms with Gasteiger partial charge in [0.2, 0.25) is 0 Å². The number of allylic oxidation sites excluding steroid dienone is 1. The summed E-state index contributed by atoms with van der Waals surface area (Å²) >= 11 is 0. The first-order valence-corrected chi connectivity index (χ1v) is 15.9. The highest BCUT2D eigenvalue weighted by molar-refractivity contribution is 7.80. The van der Waals surface area contributed by atoms with Crippen molar-refractivity contribution in [3.05, 3.63) is 11.6 Å². The zero-order valence-electron chi connectivity index (χ0n) is 23.6. The molecule has 2 spiro atoms. The second-order valence-electron chi connectivity index (χ2n) is 15.0. The van der Waals surface area contributed by atoms with Gasteiger partial charge in [-0.3, -0.25) is 4.55 Å². The molecule has 0 saturated heterocycles. The van der Waals surface area contributed by atoms with E-state index in [4.69, 9.17) is 4.18 Å². The molecule has 206 valence electrons. The summed E-state index contributed by atoms with van der Waals surface area (Å²) in [6, 6.07) is 0. The molecular weight excluding hydrogens is 472 g/mol. The Kier molecular flexibility index (Phi) is 6.25. The van der Waals surface area contributed by atoms with E-state index in [-0.39, 0.29) is 11.5 Å². The molecule has 36 heavy (non-hydrogen) atoms. The van der Waals surface area contributed by atoms with Gasteiger partial charge in [-0.2, -0.15) is 8.42 Å². The van der Waals surface area contributed by atoms with Crippen LogP contribution in [0.25, 0.3) is 0 Å². The van der Waals surface area contributed by atoms with Crippen LogP contribution in [0.2, 0.25) is 0 Å². The molecule has 6 heteroatoms. The van der Waals surface area contributed by atoms with E-state index in [1.54, 1.807) is 0 Å². The van der Waals surface area contributed by atoms with Crippen LogP contribution in [-0.2, 0) is 14.6 Å². The zero-order valence-corrected chi connectivity index (χ0v) is 24.5. The number of fused-ring (bicyclic) bond motifs is 2. The Labute approximate surface area is 219 Å². The molecule has 0 aromatic rings. The maximum absolute atomic E-state index is 11.6. The van der Waals surface area contributed by atoms with E-state index in [2.05, 4.69) is 48.5 Å². The summed E-state index contributed by atoms with van der Waals surface area (Å²) in [4.78, 5) is 0. The molecule has 5 aliphatic carbocycles. The summed E-state index contributed by atoms with van der Waals surface area (Å²) in [5.41, 5.74) is 2.26. The summed E-state index contributed by atoms with van der Waals surface area (Å²) in [5, 5.41) is 10.7. The highest BCUT2D eigenvalue weighted by Gasteiger charge is 2.82. The van der Waals surface area contributed by atoms with E-state index in [0.717, 1.165) is 25.2 Å². The fourth-order valence-corrected chi connectivity index (χ4v) is 12.2. The van der Waals surface area contributed by atoms with Crippen LogP contribution in [0, 0.1) is 50.7 Å².